The minimum absolute atomic E-state index is 0.303. The maximum absolute atomic E-state index is 13.8. The second-order valence-corrected chi connectivity index (χ2v) is 8.77. The number of para-hydroxylation sites is 1. The summed E-state index contributed by atoms with van der Waals surface area (Å²) in [6, 6.07) is 16.9. The lowest BCUT2D eigenvalue weighted by Crippen LogP contribution is -2.46. The zero-order chi connectivity index (χ0) is 20.8. The van der Waals surface area contributed by atoms with Crippen molar-refractivity contribution in [3.05, 3.63) is 76.0 Å². The largest absolute Gasteiger partial charge is 0.328 e. The Morgan fingerprint density at radius 2 is 1.70 bits per heavy atom. The Morgan fingerprint density at radius 1 is 1.00 bits per heavy atom. The van der Waals surface area contributed by atoms with Crippen LogP contribution in [-0.2, 0) is 6.67 Å². The van der Waals surface area contributed by atoms with E-state index < -0.39 is 0 Å². The van der Waals surface area contributed by atoms with Crippen LogP contribution >= 0.6 is 23.6 Å². The lowest BCUT2D eigenvalue weighted by atomic mass is 10.2. The van der Waals surface area contributed by atoms with Gasteiger partial charge in [-0.05, 0) is 29.9 Å². The summed E-state index contributed by atoms with van der Waals surface area (Å²) < 4.78 is 16.3. The SMILES string of the molecule is Fc1ccccc1Nc1nn(CN2CCN(C/C=C/c3ccccc3)CC2)c(=S)s1. The fourth-order valence-electron chi connectivity index (χ4n) is 3.33. The molecular weight excluding hydrogens is 417 g/mol. The molecule has 156 valence electrons. The number of rotatable bonds is 7. The molecule has 2 aromatic carbocycles. The minimum atomic E-state index is -0.303. The highest BCUT2D eigenvalue weighted by atomic mass is 32.1. The maximum atomic E-state index is 13.8. The number of nitrogens with one attached hydrogen (secondary N) is 1. The normalized spacial score (nSPS) is 15.6. The van der Waals surface area contributed by atoms with E-state index in [0.29, 0.717) is 21.4 Å². The van der Waals surface area contributed by atoms with E-state index in [9.17, 15) is 4.39 Å². The Labute approximate surface area is 185 Å². The van der Waals surface area contributed by atoms with Crippen LogP contribution in [0.2, 0.25) is 0 Å². The molecule has 0 atom stereocenters. The van der Waals surface area contributed by atoms with E-state index in [4.69, 9.17) is 12.2 Å². The van der Waals surface area contributed by atoms with Gasteiger partial charge in [-0.1, -0.05) is 66.0 Å². The van der Waals surface area contributed by atoms with E-state index in [1.165, 1.54) is 23.0 Å². The van der Waals surface area contributed by atoms with E-state index in [0.717, 1.165) is 32.7 Å². The molecule has 1 saturated heterocycles. The number of nitrogens with zero attached hydrogens (tertiary/aromatic N) is 4. The van der Waals surface area contributed by atoms with Crippen molar-refractivity contribution >= 4 is 40.4 Å². The third kappa shape index (κ3) is 5.60. The van der Waals surface area contributed by atoms with E-state index in [2.05, 4.69) is 56.6 Å². The quantitative estimate of drug-likeness (QED) is 0.531. The molecule has 1 aliphatic rings. The molecule has 1 fully saturated rings. The molecule has 0 amide bonds. The van der Waals surface area contributed by atoms with Gasteiger partial charge in [-0.25, -0.2) is 9.07 Å². The molecule has 2 heterocycles. The number of hydrogen-bond donors (Lipinski definition) is 1. The number of piperazine rings is 1. The molecule has 0 unspecified atom stereocenters. The topological polar surface area (TPSA) is 36.3 Å². The van der Waals surface area contributed by atoms with Gasteiger partial charge in [-0.15, -0.1) is 5.10 Å². The van der Waals surface area contributed by atoms with Crippen LogP contribution in [0.1, 0.15) is 5.56 Å². The predicted molar refractivity (Wildman–Crippen MR) is 124 cm³/mol. The number of aromatic nitrogens is 2. The highest BCUT2D eigenvalue weighted by molar-refractivity contribution is 7.73. The molecule has 30 heavy (non-hydrogen) atoms. The van der Waals surface area contributed by atoms with Gasteiger partial charge in [0.2, 0.25) is 5.13 Å². The standard InChI is InChI=1S/C22H24FN5S2/c23-19-10-4-5-11-20(19)24-21-25-28(22(29)30-21)17-27-15-13-26(14-16-27)12-6-9-18-7-2-1-3-8-18/h1-11H,12-17H2,(H,24,25)/b9-6+. The molecule has 0 bridgehead atoms. The van der Waals surface area contributed by atoms with Crippen LogP contribution < -0.4 is 5.32 Å². The highest BCUT2D eigenvalue weighted by Gasteiger charge is 2.17. The molecule has 4 rings (SSSR count). The third-order valence-electron chi connectivity index (χ3n) is 4.99. The van der Waals surface area contributed by atoms with Gasteiger partial charge in [0.05, 0.1) is 12.4 Å². The Bertz CT molecular complexity index is 1040. The van der Waals surface area contributed by atoms with Crippen molar-refractivity contribution < 1.29 is 4.39 Å². The highest BCUT2D eigenvalue weighted by Crippen LogP contribution is 2.22. The summed E-state index contributed by atoms with van der Waals surface area (Å²) in [5.41, 5.74) is 1.64. The molecule has 3 aromatic rings. The monoisotopic (exact) mass is 441 g/mol. The fraction of sp³-hybridized carbons (Fsp3) is 0.273. The summed E-state index contributed by atoms with van der Waals surface area (Å²) in [5, 5.41) is 8.16. The summed E-state index contributed by atoms with van der Waals surface area (Å²) in [4.78, 5) is 4.79. The van der Waals surface area contributed by atoms with Crippen molar-refractivity contribution in [3.63, 3.8) is 0 Å². The molecule has 1 aliphatic heterocycles. The Kier molecular flexibility index (Phi) is 7.01. The second-order valence-electron chi connectivity index (χ2n) is 7.15. The van der Waals surface area contributed by atoms with Crippen LogP contribution in [0.4, 0.5) is 15.2 Å². The van der Waals surface area contributed by atoms with Crippen LogP contribution in [0.15, 0.2) is 60.7 Å². The molecule has 1 aromatic heterocycles. The summed E-state index contributed by atoms with van der Waals surface area (Å²) in [6.45, 7) is 5.56. The number of anilines is 2. The number of benzene rings is 2. The lowest BCUT2D eigenvalue weighted by molar-refractivity contribution is 0.111. The van der Waals surface area contributed by atoms with Crippen molar-refractivity contribution in [2.45, 2.75) is 6.67 Å². The first kappa shape index (κ1) is 20.9. The third-order valence-corrected chi connectivity index (χ3v) is 6.22. The molecule has 5 nitrogen and oxygen atoms in total. The summed E-state index contributed by atoms with van der Waals surface area (Å²) in [7, 11) is 0. The predicted octanol–water partition coefficient (Wildman–Crippen LogP) is 4.85. The van der Waals surface area contributed by atoms with E-state index >= 15 is 0 Å². The van der Waals surface area contributed by atoms with Crippen molar-refractivity contribution in [2.75, 3.05) is 38.0 Å². The van der Waals surface area contributed by atoms with Gasteiger partial charge in [0.1, 0.15) is 5.82 Å². The molecule has 0 radical (unpaired) electrons. The van der Waals surface area contributed by atoms with E-state index in [1.54, 1.807) is 18.2 Å². The molecule has 1 N–H and O–H groups in total. The van der Waals surface area contributed by atoms with Crippen molar-refractivity contribution in [1.29, 1.82) is 0 Å². The zero-order valence-corrected chi connectivity index (χ0v) is 18.2. The molecule has 0 spiro atoms. The van der Waals surface area contributed by atoms with Crippen LogP contribution in [-0.4, -0.2) is 52.3 Å². The first-order chi connectivity index (χ1) is 14.7. The van der Waals surface area contributed by atoms with Gasteiger partial charge in [0.15, 0.2) is 3.95 Å². The van der Waals surface area contributed by atoms with Gasteiger partial charge in [0, 0.05) is 32.7 Å². The fourth-order valence-corrected chi connectivity index (χ4v) is 4.33. The molecule has 0 saturated carbocycles. The maximum Gasteiger partial charge on any atom is 0.209 e. The molecule has 0 aliphatic carbocycles. The van der Waals surface area contributed by atoms with Crippen molar-refractivity contribution in [1.82, 2.24) is 19.6 Å². The summed E-state index contributed by atoms with van der Waals surface area (Å²) >= 11 is 6.82. The zero-order valence-electron chi connectivity index (χ0n) is 16.6. The first-order valence-electron chi connectivity index (χ1n) is 9.93. The summed E-state index contributed by atoms with van der Waals surface area (Å²) in [5.74, 6) is -0.303. The Hall–Kier alpha value is -2.39. The van der Waals surface area contributed by atoms with E-state index in [-0.39, 0.29) is 5.82 Å². The van der Waals surface area contributed by atoms with Crippen molar-refractivity contribution in [2.24, 2.45) is 0 Å². The van der Waals surface area contributed by atoms with Crippen molar-refractivity contribution in [3.8, 4) is 0 Å². The lowest BCUT2D eigenvalue weighted by Gasteiger charge is -2.33. The first-order valence-corrected chi connectivity index (χ1v) is 11.2. The van der Waals surface area contributed by atoms with Crippen LogP contribution in [0.3, 0.4) is 0 Å². The minimum Gasteiger partial charge on any atom is -0.328 e. The van der Waals surface area contributed by atoms with Gasteiger partial charge in [-0.3, -0.25) is 9.80 Å². The van der Waals surface area contributed by atoms with Gasteiger partial charge < -0.3 is 5.32 Å². The summed E-state index contributed by atoms with van der Waals surface area (Å²) in [6.07, 6.45) is 4.40. The second kappa shape index (κ2) is 10.1. The number of hydrogen-bond acceptors (Lipinski definition) is 6. The van der Waals surface area contributed by atoms with Gasteiger partial charge in [-0.2, -0.15) is 0 Å². The van der Waals surface area contributed by atoms with E-state index in [1.807, 2.05) is 10.7 Å². The smallest absolute Gasteiger partial charge is 0.209 e. The molecule has 8 heteroatoms. The molecular formula is C22H24FN5S2. The van der Waals surface area contributed by atoms with Gasteiger partial charge in [0.25, 0.3) is 0 Å². The van der Waals surface area contributed by atoms with Crippen LogP contribution in [0.5, 0.6) is 0 Å². The van der Waals surface area contributed by atoms with Crippen LogP contribution in [0.25, 0.3) is 6.08 Å². The average Bonchev–Trinajstić information content (AvgIpc) is 3.10. The number of halogens is 1. The van der Waals surface area contributed by atoms with Crippen LogP contribution in [0, 0.1) is 9.77 Å². The Morgan fingerprint density at radius 3 is 2.47 bits per heavy atom. The Balaban J connectivity index is 1.27. The van der Waals surface area contributed by atoms with Gasteiger partial charge >= 0.3 is 0 Å². The average molecular weight is 442 g/mol.